The molecular formula is C12H20N2O2S. The first-order valence-electron chi connectivity index (χ1n) is 5.59. The number of rotatable bonds is 5. The Bertz CT molecular complexity index is 452. The van der Waals surface area contributed by atoms with Gasteiger partial charge in [-0.25, -0.2) is 13.1 Å². The third kappa shape index (κ3) is 4.85. The van der Waals surface area contributed by atoms with Crippen LogP contribution in [0.5, 0.6) is 0 Å². The van der Waals surface area contributed by atoms with E-state index in [0.29, 0.717) is 5.92 Å². The molecule has 1 rings (SSSR count). The lowest BCUT2D eigenvalue weighted by Gasteiger charge is -2.13. The number of sulfonamides is 1. The van der Waals surface area contributed by atoms with E-state index >= 15 is 0 Å². The number of hydrogen-bond acceptors (Lipinski definition) is 3. The lowest BCUT2D eigenvalue weighted by atomic mass is 9.99. The Hall–Kier alpha value is -0.910. The van der Waals surface area contributed by atoms with Crippen LogP contribution in [-0.2, 0) is 10.0 Å². The SMILES string of the molecule is CC(C)c1ccc([C@H](N)CNS(C)(=O)=O)cc1. The van der Waals surface area contributed by atoms with E-state index in [2.05, 4.69) is 18.6 Å². The Morgan fingerprint density at radius 1 is 1.18 bits per heavy atom. The fourth-order valence-electron chi connectivity index (χ4n) is 1.49. The Labute approximate surface area is 103 Å². The smallest absolute Gasteiger partial charge is 0.208 e. The van der Waals surface area contributed by atoms with Crippen LogP contribution in [0.2, 0.25) is 0 Å². The molecule has 0 aliphatic rings. The van der Waals surface area contributed by atoms with Gasteiger partial charge in [0.25, 0.3) is 0 Å². The molecule has 1 aromatic carbocycles. The summed E-state index contributed by atoms with van der Waals surface area (Å²) in [6, 6.07) is 7.64. The van der Waals surface area contributed by atoms with Gasteiger partial charge in [0.05, 0.1) is 6.26 Å². The largest absolute Gasteiger partial charge is 0.323 e. The maximum absolute atomic E-state index is 10.9. The molecule has 1 aromatic rings. The Balaban J connectivity index is 2.67. The Morgan fingerprint density at radius 2 is 1.65 bits per heavy atom. The van der Waals surface area contributed by atoms with Crippen LogP contribution in [0, 0.1) is 0 Å². The number of benzene rings is 1. The summed E-state index contributed by atoms with van der Waals surface area (Å²) in [6.45, 7) is 4.47. The minimum atomic E-state index is -3.18. The van der Waals surface area contributed by atoms with Gasteiger partial charge in [0.15, 0.2) is 0 Å². The van der Waals surface area contributed by atoms with Crippen molar-refractivity contribution in [3.63, 3.8) is 0 Å². The zero-order chi connectivity index (χ0) is 13.1. The van der Waals surface area contributed by atoms with Crippen molar-refractivity contribution in [2.24, 2.45) is 5.73 Å². The van der Waals surface area contributed by atoms with Crippen LogP contribution < -0.4 is 10.5 Å². The standard InChI is InChI=1S/C12H20N2O2S/c1-9(2)10-4-6-11(7-5-10)12(13)8-14-17(3,15)16/h4-7,9,12,14H,8,13H2,1-3H3/t12-/m1/s1. The van der Waals surface area contributed by atoms with E-state index in [9.17, 15) is 8.42 Å². The third-order valence-corrected chi connectivity index (χ3v) is 3.29. The van der Waals surface area contributed by atoms with Gasteiger partial charge in [-0.1, -0.05) is 38.1 Å². The molecule has 0 amide bonds. The number of nitrogens with one attached hydrogen (secondary N) is 1. The number of hydrogen-bond donors (Lipinski definition) is 2. The first kappa shape index (κ1) is 14.2. The molecule has 0 fully saturated rings. The van der Waals surface area contributed by atoms with Crippen molar-refractivity contribution in [2.75, 3.05) is 12.8 Å². The molecule has 0 bridgehead atoms. The molecule has 0 unspecified atom stereocenters. The van der Waals surface area contributed by atoms with Crippen LogP contribution in [0.4, 0.5) is 0 Å². The average Bonchev–Trinajstić information content (AvgIpc) is 2.25. The van der Waals surface area contributed by atoms with Crippen molar-refractivity contribution in [3.05, 3.63) is 35.4 Å². The van der Waals surface area contributed by atoms with E-state index in [-0.39, 0.29) is 12.6 Å². The monoisotopic (exact) mass is 256 g/mol. The van der Waals surface area contributed by atoms with Gasteiger partial charge in [-0.3, -0.25) is 0 Å². The normalized spacial score (nSPS) is 13.9. The molecule has 0 aliphatic carbocycles. The molecule has 0 saturated carbocycles. The highest BCUT2D eigenvalue weighted by atomic mass is 32.2. The summed E-state index contributed by atoms with van der Waals surface area (Å²) >= 11 is 0. The number of nitrogens with two attached hydrogens (primary N) is 1. The zero-order valence-electron chi connectivity index (χ0n) is 10.5. The molecule has 17 heavy (non-hydrogen) atoms. The average molecular weight is 256 g/mol. The quantitative estimate of drug-likeness (QED) is 0.835. The van der Waals surface area contributed by atoms with Crippen LogP contribution in [0.1, 0.15) is 36.9 Å². The highest BCUT2D eigenvalue weighted by Crippen LogP contribution is 2.17. The zero-order valence-corrected chi connectivity index (χ0v) is 11.3. The van der Waals surface area contributed by atoms with Crippen molar-refractivity contribution in [1.29, 1.82) is 0 Å². The Kier molecular flexibility index (Phi) is 4.68. The van der Waals surface area contributed by atoms with Gasteiger partial charge < -0.3 is 5.73 Å². The minimum absolute atomic E-state index is 0.222. The van der Waals surface area contributed by atoms with E-state index in [1.54, 1.807) is 0 Å². The molecule has 0 spiro atoms. The molecule has 0 aliphatic heterocycles. The van der Waals surface area contributed by atoms with Crippen LogP contribution >= 0.6 is 0 Å². The first-order valence-corrected chi connectivity index (χ1v) is 7.49. The second-order valence-corrected chi connectivity index (χ2v) is 6.38. The van der Waals surface area contributed by atoms with Gasteiger partial charge in [0.1, 0.15) is 0 Å². The second kappa shape index (κ2) is 5.62. The van der Waals surface area contributed by atoms with Crippen molar-refractivity contribution in [2.45, 2.75) is 25.8 Å². The fourth-order valence-corrected chi connectivity index (χ4v) is 1.97. The summed E-state index contributed by atoms with van der Waals surface area (Å²) in [5.41, 5.74) is 8.08. The summed E-state index contributed by atoms with van der Waals surface area (Å²) in [4.78, 5) is 0. The molecule has 0 heterocycles. The van der Waals surface area contributed by atoms with Crippen LogP contribution in [0.3, 0.4) is 0 Å². The van der Waals surface area contributed by atoms with Crippen molar-refractivity contribution in [1.82, 2.24) is 4.72 Å². The maximum atomic E-state index is 10.9. The summed E-state index contributed by atoms with van der Waals surface area (Å²) in [5.74, 6) is 0.481. The van der Waals surface area contributed by atoms with Crippen LogP contribution in [0.25, 0.3) is 0 Å². The van der Waals surface area contributed by atoms with Gasteiger partial charge in [-0.15, -0.1) is 0 Å². The van der Waals surface area contributed by atoms with Gasteiger partial charge in [-0.2, -0.15) is 0 Å². The molecule has 1 atom stereocenters. The predicted molar refractivity (Wildman–Crippen MR) is 70.3 cm³/mol. The topological polar surface area (TPSA) is 72.2 Å². The van der Waals surface area contributed by atoms with E-state index in [1.807, 2.05) is 24.3 Å². The van der Waals surface area contributed by atoms with E-state index in [1.165, 1.54) is 5.56 Å². The Morgan fingerprint density at radius 3 is 2.06 bits per heavy atom. The van der Waals surface area contributed by atoms with Gasteiger partial charge in [0, 0.05) is 12.6 Å². The summed E-state index contributed by atoms with van der Waals surface area (Å²) in [7, 11) is -3.18. The fraction of sp³-hybridized carbons (Fsp3) is 0.500. The highest BCUT2D eigenvalue weighted by Gasteiger charge is 2.09. The molecule has 3 N–H and O–H groups in total. The maximum Gasteiger partial charge on any atom is 0.208 e. The highest BCUT2D eigenvalue weighted by molar-refractivity contribution is 7.88. The molecule has 0 saturated heterocycles. The lowest BCUT2D eigenvalue weighted by Crippen LogP contribution is -2.31. The van der Waals surface area contributed by atoms with Gasteiger partial charge >= 0.3 is 0 Å². The lowest BCUT2D eigenvalue weighted by molar-refractivity contribution is 0.578. The minimum Gasteiger partial charge on any atom is -0.323 e. The summed E-state index contributed by atoms with van der Waals surface area (Å²) < 4.78 is 24.3. The van der Waals surface area contributed by atoms with E-state index < -0.39 is 10.0 Å². The van der Waals surface area contributed by atoms with Crippen molar-refractivity contribution >= 4 is 10.0 Å². The molecule has 96 valence electrons. The van der Waals surface area contributed by atoms with E-state index in [0.717, 1.165) is 11.8 Å². The van der Waals surface area contributed by atoms with Crippen molar-refractivity contribution in [3.8, 4) is 0 Å². The van der Waals surface area contributed by atoms with Gasteiger partial charge in [-0.05, 0) is 17.0 Å². The molecular weight excluding hydrogens is 236 g/mol. The van der Waals surface area contributed by atoms with Crippen LogP contribution in [0.15, 0.2) is 24.3 Å². The summed E-state index contributed by atoms with van der Waals surface area (Å²) in [6.07, 6.45) is 1.13. The second-order valence-electron chi connectivity index (χ2n) is 4.55. The predicted octanol–water partition coefficient (Wildman–Crippen LogP) is 1.36. The van der Waals surface area contributed by atoms with Crippen molar-refractivity contribution < 1.29 is 8.42 Å². The van der Waals surface area contributed by atoms with Gasteiger partial charge in [0.2, 0.25) is 10.0 Å². The first-order chi connectivity index (χ1) is 7.79. The molecule has 0 radical (unpaired) electrons. The molecule has 0 aromatic heterocycles. The molecule has 5 heteroatoms. The van der Waals surface area contributed by atoms with Crippen LogP contribution in [-0.4, -0.2) is 21.2 Å². The summed E-state index contributed by atoms with van der Waals surface area (Å²) in [5, 5.41) is 0. The third-order valence-electron chi connectivity index (χ3n) is 2.60. The van der Waals surface area contributed by atoms with E-state index in [4.69, 9.17) is 5.73 Å². The molecule has 4 nitrogen and oxygen atoms in total.